The number of nitrogens with zero attached hydrogens (tertiary/aromatic N) is 1. The largest absolute Gasteiger partial charge is 0.264 e. The lowest BCUT2D eigenvalue weighted by Gasteiger charge is -2.27. The Bertz CT molecular complexity index is 840. The van der Waals surface area contributed by atoms with E-state index in [0.717, 1.165) is 21.9 Å². The Morgan fingerprint density at radius 2 is 1.70 bits per heavy atom. The maximum Gasteiger partial charge on any atom is 0.264 e. The van der Waals surface area contributed by atoms with Gasteiger partial charge >= 0.3 is 0 Å². The third kappa shape index (κ3) is 3.31. The van der Waals surface area contributed by atoms with Crippen LogP contribution in [0.4, 0.5) is 5.69 Å². The summed E-state index contributed by atoms with van der Waals surface area (Å²) in [5.74, 6) is 0.884. The first kappa shape index (κ1) is 16.1. The minimum absolute atomic E-state index is 0.328. The van der Waals surface area contributed by atoms with Gasteiger partial charge in [-0.25, -0.2) is 8.42 Å². The van der Waals surface area contributed by atoms with Crippen LogP contribution >= 0.6 is 11.8 Å². The van der Waals surface area contributed by atoms with E-state index in [1.54, 1.807) is 23.9 Å². The van der Waals surface area contributed by atoms with Gasteiger partial charge in [0.2, 0.25) is 0 Å². The summed E-state index contributed by atoms with van der Waals surface area (Å²) in [6.07, 6.45) is 1.99. The molecule has 2 aromatic carbocycles. The fraction of sp³-hybridized carbons (Fsp3) is 0.222. The summed E-state index contributed by atoms with van der Waals surface area (Å²) in [6, 6.07) is 14.7. The normalized spacial score (nSPS) is 17.7. The highest BCUT2D eigenvalue weighted by atomic mass is 32.2. The lowest BCUT2D eigenvalue weighted by atomic mass is 10.2. The van der Waals surface area contributed by atoms with E-state index >= 15 is 0 Å². The Kier molecular flexibility index (Phi) is 4.50. The minimum atomic E-state index is -3.58. The second-order valence-corrected chi connectivity index (χ2v) is 8.54. The molecule has 1 aliphatic heterocycles. The van der Waals surface area contributed by atoms with Gasteiger partial charge in [-0.05, 0) is 38.1 Å². The van der Waals surface area contributed by atoms with Crippen LogP contribution in [-0.2, 0) is 10.0 Å². The summed E-state index contributed by atoms with van der Waals surface area (Å²) in [5.41, 5.74) is 2.98. The molecular formula is C18H19NO2S2. The maximum absolute atomic E-state index is 13.1. The summed E-state index contributed by atoms with van der Waals surface area (Å²) < 4.78 is 27.7. The minimum Gasteiger partial charge on any atom is -0.261 e. The first-order valence-electron chi connectivity index (χ1n) is 7.45. The standard InChI is InChI=1S/C18H19NO2S2/c1-14-7-9-16(10-8-14)23(20,21)19-12-11-15(2)13-22-18-6-4-3-5-17(18)19/h3-11H,12-13H2,1-2H3/b15-11-. The van der Waals surface area contributed by atoms with E-state index in [2.05, 4.69) is 0 Å². The van der Waals surface area contributed by atoms with Crippen LogP contribution in [0.15, 0.2) is 70.0 Å². The molecule has 0 unspecified atom stereocenters. The van der Waals surface area contributed by atoms with E-state index in [-0.39, 0.29) is 0 Å². The third-order valence-corrected chi connectivity index (χ3v) is 6.85. The maximum atomic E-state index is 13.1. The molecular weight excluding hydrogens is 326 g/mol. The lowest BCUT2D eigenvalue weighted by molar-refractivity contribution is 0.592. The molecule has 0 saturated carbocycles. The highest BCUT2D eigenvalue weighted by molar-refractivity contribution is 7.99. The van der Waals surface area contributed by atoms with Crippen LogP contribution in [0, 0.1) is 6.92 Å². The van der Waals surface area contributed by atoms with E-state index in [1.165, 1.54) is 9.88 Å². The van der Waals surface area contributed by atoms with Crippen molar-refractivity contribution in [1.29, 1.82) is 0 Å². The van der Waals surface area contributed by atoms with Crippen LogP contribution in [0.1, 0.15) is 12.5 Å². The molecule has 1 heterocycles. The zero-order valence-electron chi connectivity index (χ0n) is 13.2. The number of thioether (sulfide) groups is 1. The second kappa shape index (κ2) is 6.42. The molecule has 3 rings (SSSR count). The average molecular weight is 345 g/mol. The number of para-hydroxylation sites is 1. The number of sulfonamides is 1. The highest BCUT2D eigenvalue weighted by Crippen LogP contribution is 2.35. The Labute approximate surface area is 142 Å². The molecule has 23 heavy (non-hydrogen) atoms. The van der Waals surface area contributed by atoms with Crippen LogP contribution in [0.3, 0.4) is 0 Å². The van der Waals surface area contributed by atoms with E-state index in [4.69, 9.17) is 0 Å². The number of rotatable bonds is 2. The second-order valence-electron chi connectivity index (χ2n) is 5.66. The van der Waals surface area contributed by atoms with Gasteiger partial charge in [0.15, 0.2) is 0 Å². The molecule has 0 aromatic heterocycles. The summed E-state index contributed by atoms with van der Waals surface area (Å²) in [7, 11) is -3.58. The van der Waals surface area contributed by atoms with Crippen molar-refractivity contribution in [3.63, 3.8) is 0 Å². The molecule has 0 amide bonds. The fourth-order valence-electron chi connectivity index (χ4n) is 2.44. The van der Waals surface area contributed by atoms with Crippen molar-refractivity contribution in [1.82, 2.24) is 0 Å². The van der Waals surface area contributed by atoms with Crippen LogP contribution in [0.5, 0.6) is 0 Å². The number of anilines is 1. The molecule has 1 aliphatic rings. The van der Waals surface area contributed by atoms with E-state index < -0.39 is 10.0 Å². The van der Waals surface area contributed by atoms with Crippen molar-refractivity contribution in [3.05, 3.63) is 65.7 Å². The number of hydrogen-bond acceptors (Lipinski definition) is 3. The van der Waals surface area contributed by atoms with Gasteiger partial charge in [0.1, 0.15) is 0 Å². The topological polar surface area (TPSA) is 37.4 Å². The van der Waals surface area contributed by atoms with Crippen LogP contribution in [0.2, 0.25) is 0 Å². The van der Waals surface area contributed by atoms with Gasteiger partial charge in [0.05, 0.1) is 17.1 Å². The lowest BCUT2D eigenvalue weighted by Crippen LogP contribution is -2.32. The van der Waals surface area contributed by atoms with Gasteiger partial charge in [-0.1, -0.05) is 41.5 Å². The number of benzene rings is 2. The first-order chi connectivity index (χ1) is 11.0. The average Bonchev–Trinajstić information content (AvgIpc) is 2.52. The van der Waals surface area contributed by atoms with E-state index in [1.807, 2.05) is 56.3 Å². The summed E-state index contributed by atoms with van der Waals surface area (Å²) in [6.45, 7) is 4.35. The molecule has 0 atom stereocenters. The van der Waals surface area contributed by atoms with Gasteiger partial charge in [0, 0.05) is 10.6 Å². The molecule has 3 nitrogen and oxygen atoms in total. The Balaban J connectivity index is 2.11. The zero-order valence-corrected chi connectivity index (χ0v) is 14.8. The van der Waals surface area contributed by atoms with Crippen molar-refractivity contribution in [3.8, 4) is 0 Å². The van der Waals surface area contributed by atoms with Gasteiger partial charge in [-0.15, -0.1) is 11.8 Å². The van der Waals surface area contributed by atoms with Gasteiger partial charge in [0.25, 0.3) is 10.0 Å². The van der Waals surface area contributed by atoms with Gasteiger partial charge in [-0.3, -0.25) is 4.31 Å². The molecule has 0 bridgehead atoms. The fourth-order valence-corrected chi connectivity index (χ4v) is 4.92. The third-order valence-electron chi connectivity index (χ3n) is 3.80. The van der Waals surface area contributed by atoms with Gasteiger partial charge < -0.3 is 0 Å². The molecule has 0 radical (unpaired) electrons. The zero-order chi connectivity index (χ0) is 16.4. The molecule has 0 saturated heterocycles. The molecule has 2 aromatic rings. The van der Waals surface area contributed by atoms with Crippen molar-refractivity contribution >= 4 is 27.5 Å². The molecule has 0 spiro atoms. The SMILES string of the molecule is C/C1=C/CN(S(=O)(=O)c2ccc(C)cc2)c2ccccc2SC1. The molecule has 0 N–H and O–H groups in total. The van der Waals surface area contributed by atoms with Crippen LogP contribution in [-0.4, -0.2) is 20.7 Å². The molecule has 120 valence electrons. The molecule has 0 aliphatic carbocycles. The number of hydrogen-bond donors (Lipinski definition) is 0. The van der Waals surface area contributed by atoms with Crippen molar-refractivity contribution in [2.75, 3.05) is 16.6 Å². The van der Waals surface area contributed by atoms with Crippen molar-refractivity contribution < 1.29 is 8.42 Å². The van der Waals surface area contributed by atoms with Crippen molar-refractivity contribution in [2.45, 2.75) is 23.6 Å². The van der Waals surface area contributed by atoms with Crippen LogP contribution < -0.4 is 4.31 Å². The Morgan fingerprint density at radius 1 is 1.00 bits per heavy atom. The first-order valence-corrected chi connectivity index (χ1v) is 9.88. The van der Waals surface area contributed by atoms with Gasteiger partial charge in [-0.2, -0.15) is 0 Å². The quantitative estimate of drug-likeness (QED) is 0.764. The number of aryl methyl sites for hydroxylation is 1. The summed E-state index contributed by atoms with van der Waals surface area (Å²) >= 11 is 1.67. The monoisotopic (exact) mass is 345 g/mol. The molecule has 5 heteroatoms. The molecule has 0 fully saturated rings. The summed E-state index contributed by atoms with van der Waals surface area (Å²) in [5, 5.41) is 0. The highest BCUT2D eigenvalue weighted by Gasteiger charge is 2.26. The van der Waals surface area contributed by atoms with E-state index in [0.29, 0.717) is 11.4 Å². The predicted octanol–water partition coefficient (Wildman–Crippen LogP) is 4.24. The Hall–Kier alpha value is -1.72. The van der Waals surface area contributed by atoms with E-state index in [9.17, 15) is 8.42 Å². The summed E-state index contributed by atoms with van der Waals surface area (Å²) in [4.78, 5) is 1.32. The van der Waals surface area contributed by atoms with Crippen molar-refractivity contribution in [2.24, 2.45) is 0 Å². The smallest absolute Gasteiger partial charge is 0.261 e. The number of fused-ring (bicyclic) bond motifs is 1. The predicted molar refractivity (Wildman–Crippen MR) is 96.6 cm³/mol. The Morgan fingerprint density at radius 3 is 2.43 bits per heavy atom. The van der Waals surface area contributed by atoms with Crippen LogP contribution in [0.25, 0.3) is 0 Å².